The van der Waals surface area contributed by atoms with Gasteiger partial charge in [-0.3, -0.25) is 0 Å². The van der Waals surface area contributed by atoms with Gasteiger partial charge in [0.05, 0.1) is 0 Å². The van der Waals surface area contributed by atoms with Gasteiger partial charge in [0, 0.05) is 11.7 Å². The van der Waals surface area contributed by atoms with Gasteiger partial charge < -0.3 is 10.4 Å². The molecule has 2 aromatic rings. The lowest BCUT2D eigenvalue weighted by Gasteiger charge is -2.17. The minimum atomic E-state index is 0.330. The van der Waals surface area contributed by atoms with Crippen molar-refractivity contribution in [3.05, 3.63) is 59.7 Å². The third-order valence-electron chi connectivity index (χ3n) is 3.60. The molecule has 0 saturated heterocycles. The number of hydrogen-bond acceptors (Lipinski definition) is 2. The van der Waals surface area contributed by atoms with Crippen molar-refractivity contribution in [2.24, 2.45) is 0 Å². The Morgan fingerprint density at radius 3 is 2.45 bits per heavy atom. The van der Waals surface area contributed by atoms with Gasteiger partial charge in [-0.1, -0.05) is 37.3 Å². The molecule has 0 bridgehead atoms. The molecule has 2 N–H and O–H groups in total. The van der Waals surface area contributed by atoms with E-state index in [0.29, 0.717) is 11.8 Å². The first-order chi connectivity index (χ1) is 9.69. The Morgan fingerprint density at radius 1 is 1.05 bits per heavy atom. The molecule has 0 aliphatic heterocycles. The lowest BCUT2D eigenvalue weighted by Crippen LogP contribution is -2.17. The second kappa shape index (κ2) is 6.99. The summed E-state index contributed by atoms with van der Waals surface area (Å²) in [7, 11) is 0. The smallest absolute Gasteiger partial charge is 0.115 e. The van der Waals surface area contributed by atoms with Gasteiger partial charge in [-0.05, 0) is 55.5 Å². The zero-order valence-electron chi connectivity index (χ0n) is 12.3. The van der Waals surface area contributed by atoms with Gasteiger partial charge in [-0.15, -0.1) is 0 Å². The molecule has 0 spiro atoms. The van der Waals surface area contributed by atoms with Crippen molar-refractivity contribution >= 4 is 5.69 Å². The SMILES string of the molecule is CCc1ccccc1NC(C)CCc1ccc(O)cc1. The van der Waals surface area contributed by atoms with Gasteiger partial charge in [0.1, 0.15) is 5.75 Å². The van der Waals surface area contributed by atoms with Gasteiger partial charge >= 0.3 is 0 Å². The maximum atomic E-state index is 9.27. The summed E-state index contributed by atoms with van der Waals surface area (Å²) in [5.41, 5.74) is 3.87. The van der Waals surface area contributed by atoms with Crippen molar-refractivity contribution in [3.63, 3.8) is 0 Å². The minimum absolute atomic E-state index is 0.330. The van der Waals surface area contributed by atoms with Crippen LogP contribution < -0.4 is 5.32 Å². The van der Waals surface area contributed by atoms with E-state index in [9.17, 15) is 5.11 Å². The quantitative estimate of drug-likeness (QED) is 0.815. The number of rotatable bonds is 6. The van der Waals surface area contributed by atoms with Gasteiger partial charge in [-0.25, -0.2) is 0 Å². The number of phenolic OH excluding ortho intramolecular Hbond substituents is 1. The summed E-state index contributed by atoms with van der Waals surface area (Å²) in [6.07, 6.45) is 3.14. The van der Waals surface area contributed by atoms with Crippen molar-refractivity contribution in [2.75, 3.05) is 5.32 Å². The number of phenols is 1. The molecule has 1 atom stereocenters. The lowest BCUT2D eigenvalue weighted by molar-refractivity contribution is 0.475. The zero-order valence-corrected chi connectivity index (χ0v) is 12.3. The Hall–Kier alpha value is -1.96. The molecule has 0 radical (unpaired) electrons. The molecule has 0 saturated carbocycles. The van der Waals surface area contributed by atoms with Crippen LogP contribution in [0, 0.1) is 0 Å². The van der Waals surface area contributed by atoms with E-state index in [1.54, 1.807) is 12.1 Å². The molecule has 0 amide bonds. The van der Waals surface area contributed by atoms with Crippen molar-refractivity contribution in [1.82, 2.24) is 0 Å². The van der Waals surface area contributed by atoms with Gasteiger partial charge in [0.2, 0.25) is 0 Å². The first kappa shape index (κ1) is 14.4. The summed E-state index contributed by atoms with van der Waals surface area (Å²) in [5, 5.41) is 12.9. The van der Waals surface area contributed by atoms with E-state index in [-0.39, 0.29) is 0 Å². The van der Waals surface area contributed by atoms with Crippen LogP contribution in [0.15, 0.2) is 48.5 Å². The summed E-state index contributed by atoms with van der Waals surface area (Å²) in [6.45, 7) is 4.40. The number of benzene rings is 2. The molecule has 2 rings (SSSR count). The van der Waals surface area contributed by atoms with E-state index in [1.807, 2.05) is 12.1 Å². The molecule has 2 nitrogen and oxygen atoms in total. The average Bonchev–Trinajstić information content (AvgIpc) is 2.47. The predicted octanol–water partition coefficient (Wildman–Crippen LogP) is 4.39. The Bertz CT molecular complexity index is 533. The van der Waals surface area contributed by atoms with Gasteiger partial charge in [-0.2, -0.15) is 0 Å². The highest BCUT2D eigenvalue weighted by molar-refractivity contribution is 5.51. The van der Waals surface area contributed by atoms with Crippen molar-refractivity contribution < 1.29 is 5.11 Å². The Labute approximate surface area is 121 Å². The minimum Gasteiger partial charge on any atom is -0.508 e. The number of aryl methyl sites for hydroxylation is 2. The number of aromatic hydroxyl groups is 1. The monoisotopic (exact) mass is 269 g/mol. The fraction of sp³-hybridized carbons (Fsp3) is 0.333. The van der Waals surface area contributed by atoms with E-state index < -0.39 is 0 Å². The van der Waals surface area contributed by atoms with Gasteiger partial charge in [0.25, 0.3) is 0 Å². The largest absolute Gasteiger partial charge is 0.508 e. The summed E-state index contributed by atoms with van der Waals surface area (Å²) in [5.74, 6) is 0.330. The first-order valence-corrected chi connectivity index (χ1v) is 7.31. The number of hydrogen-bond donors (Lipinski definition) is 2. The van der Waals surface area contributed by atoms with Crippen LogP contribution in [0.4, 0.5) is 5.69 Å². The number of anilines is 1. The van der Waals surface area contributed by atoms with Crippen LogP contribution in [0.1, 0.15) is 31.4 Å². The van der Waals surface area contributed by atoms with Crippen molar-refractivity contribution in [3.8, 4) is 5.75 Å². The van der Waals surface area contributed by atoms with E-state index in [1.165, 1.54) is 16.8 Å². The molecule has 0 heterocycles. The fourth-order valence-corrected chi connectivity index (χ4v) is 2.35. The lowest BCUT2D eigenvalue weighted by atomic mass is 10.0. The third-order valence-corrected chi connectivity index (χ3v) is 3.60. The average molecular weight is 269 g/mol. The molecule has 2 heteroatoms. The van der Waals surface area contributed by atoms with Crippen LogP contribution in [0.5, 0.6) is 5.75 Å². The van der Waals surface area contributed by atoms with E-state index in [0.717, 1.165) is 19.3 Å². The molecule has 20 heavy (non-hydrogen) atoms. The molecule has 106 valence electrons. The maximum Gasteiger partial charge on any atom is 0.115 e. The van der Waals surface area contributed by atoms with Crippen LogP contribution in [0.2, 0.25) is 0 Å². The van der Waals surface area contributed by atoms with Crippen molar-refractivity contribution in [1.29, 1.82) is 0 Å². The second-order valence-corrected chi connectivity index (χ2v) is 5.26. The summed E-state index contributed by atoms with van der Waals surface area (Å²) in [4.78, 5) is 0. The molecule has 1 unspecified atom stereocenters. The molecular weight excluding hydrogens is 246 g/mol. The maximum absolute atomic E-state index is 9.27. The van der Waals surface area contributed by atoms with Crippen LogP contribution in [-0.2, 0) is 12.8 Å². The highest BCUT2D eigenvalue weighted by Crippen LogP contribution is 2.18. The topological polar surface area (TPSA) is 32.3 Å². The first-order valence-electron chi connectivity index (χ1n) is 7.31. The van der Waals surface area contributed by atoms with E-state index in [4.69, 9.17) is 0 Å². The molecule has 2 aromatic carbocycles. The molecule has 0 aliphatic carbocycles. The Balaban J connectivity index is 1.89. The standard InChI is InChI=1S/C18H23NO/c1-3-16-6-4-5-7-18(16)19-14(2)8-9-15-10-12-17(20)13-11-15/h4-7,10-14,19-20H,3,8-9H2,1-2H3. The summed E-state index contributed by atoms with van der Waals surface area (Å²) < 4.78 is 0. The third kappa shape index (κ3) is 4.02. The van der Waals surface area contributed by atoms with Crippen LogP contribution in [-0.4, -0.2) is 11.1 Å². The Kier molecular flexibility index (Phi) is 5.05. The number of nitrogens with one attached hydrogen (secondary N) is 1. The van der Waals surface area contributed by atoms with Crippen LogP contribution in [0.3, 0.4) is 0 Å². The zero-order chi connectivity index (χ0) is 14.4. The van der Waals surface area contributed by atoms with Crippen molar-refractivity contribution in [2.45, 2.75) is 39.2 Å². The normalized spacial score (nSPS) is 12.1. The highest BCUT2D eigenvalue weighted by atomic mass is 16.3. The molecule has 0 aliphatic rings. The van der Waals surface area contributed by atoms with E-state index >= 15 is 0 Å². The summed E-state index contributed by atoms with van der Waals surface area (Å²) in [6, 6.07) is 16.4. The van der Waals surface area contributed by atoms with E-state index in [2.05, 4.69) is 43.4 Å². The second-order valence-electron chi connectivity index (χ2n) is 5.26. The predicted molar refractivity (Wildman–Crippen MR) is 85.3 cm³/mol. The van der Waals surface area contributed by atoms with Gasteiger partial charge in [0.15, 0.2) is 0 Å². The fourth-order valence-electron chi connectivity index (χ4n) is 2.35. The summed E-state index contributed by atoms with van der Waals surface area (Å²) >= 11 is 0. The molecule has 0 fully saturated rings. The Morgan fingerprint density at radius 2 is 1.75 bits per heavy atom. The highest BCUT2D eigenvalue weighted by Gasteiger charge is 2.05. The molecular formula is C18H23NO. The van der Waals surface area contributed by atoms with Crippen LogP contribution >= 0.6 is 0 Å². The number of para-hydroxylation sites is 1. The van der Waals surface area contributed by atoms with Crippen LogP contribution in [0.25, 0.3) is 0 Å². The molecule has 0 aromatic heterocycles.